The van der Waals surface area contributed by atoms with Crippen LogP contribution in [0.25, 0.3) is 11.4 Å². The monoisotopic (exact) mass is 276 g/mol. The van der Waals surface area contributed by atoms with E-state index in [1.807, 2.05) is 0 Å². The highest BCUT2D eigenvalue weighted by Crippen LogP contribution is 2.29. The molecule has 6 nitrogen and oxygen atoms in total. The van der Waals surface area contributed by atoms with E-state index in [2.05, 4.69) is 4.98 Å². The number of phenolic OH excluding ortho intramolecular Hbond substituents is 1. The van der Waals surface area contributed by atoms with Crippen LogP contribution in [0, 0.1) is 6.92 Å². The number of esters is 1. The molecule has 2 rings (SSSR count). The Morgan fingerprint density at radius 1 is 1.40 bits per heavy atom. The number of para-hydroxylation sites is 1. The molecular weight excluding hydrogens is 260 g/mol. The van der Waals surface area contributed by atoms with Gasteiger partial charge in [-0.2, -0.15) is 4.73 Å². The predicted octanol–water partition coefficient (Wildman–Crippen LogP) is 1.80. The lowest BCUT2D eigenvalue weighted by Crippen LogP contribution is -2.18. The van der Waals surface area contributed by atoms with Crippen molar-refractivity contribution in [1.82, 2.24) is 9.71 Å². The van der Waals surface area contributed by atoms with E-state index in [0.29, 0.717) is 17.1 Å². The quantitative estimate of drug-likeness (QED) is 0.862. The molecule has 0 aliphatic rings. The summed E-state index contributed by atoms with van der Waals surface area (Å²) in [4.78, 5) is 21.5. The Bertz CT molecular complexity index is 634. The number of carbonyl (C=O) groups is 1. The van der Waals surface area contributed by atoms with E-state index < -0.39 is 5.97 Å². The number of aromatic hydroxyl groups is 1. The molecule has 2 aromatic rings. The number of imidazole rings is 1. The first kappa shape index (κ1) is 13.9. The highest BCUT2D eigenvalue weighted by molar-refractivity contribution is 5.90. The zero-order chi connectivity index (χ0) is 14.7. The Hall–Kier alpha value is -2.50. The zero-order valence-electron chi connectivity index (χ0n) is 11.6. The van der Waals surface area contributed by atoms with Crippen LogP contribution in [0.2, 0.25) is 0 Å². The smallest absolute Gasteiger partial charge is 0.360 e. The van der Waals surface area contributed by atoms with Gasteiger partial charge >= 0.3 is 5.97 Å². The number of phenols is 1. The van der Waals surface area contributed by atoms with Crippen molar-refractivity contribution >= 4 is 5.97 Å². The first-order chi connectivity index (χ1) is 9.60. The van der Waals surface area contributed by atoms with E-state index in [4.69, 9.17) is 9.57 Å². The normalized spacial score (nSPS) is 10.3. The number of nitrogens with zero attached hydrogens (tertiary/aromatic N) is 2. The van der Waals surface area contributed by atoms with Gasteiger partial charge in [-0.3, -0.25) is 0 Å². The molecule has 1 heterocycles. The maximum absolute atomic E-state index is 11.9. The highest BCUT2D eigenvalue weighted by Gasteiger charge is 2.24. The van der Waals surface area contributed by atoms with E-state index in [1.54, 1.807) is 38.1 Å². The lowest BCUT2D eigenvalue weighted by atomic mass is 10.2. The molecule has 0 spiro atoms. The summed E-state index contributed by atoms with van der Waals surface area (Å²) < 4.78 is 6.25. The summed E-state index contributed by atoms with van der Waals surface area (Å²) in [6.45, 7) is 3.68. The third-order valence-corrected chi connectivity index (χ3v) is 2.81. The minimum absolute atomic E-state index is 0.0613. The van der Waals surface area contributed by atoms with E-state index in [-0.39, 0.29) is 18.1 Å². The Kier molecular flexibility index (Phi) is 3.93. The average molecular weight is 276 g/mol. The molecule has 0 fully saturated rings. The molecule has 20 heavy (non-hydrogen) atoms. The van der Waals surface area contributed by atoms with Crippen LogP contribution in [-0.4, -0.2) is 34.5 Å². The molecule has 1 aromatic carbocycles. The summed E-state index contributed by atoms with van der Waals surface area (Å²) in [7, 11) is 1.42. The molecular formula is C14H16N2O4. The van der Waals surface area contributed by atoms with Crippen molar-refractivity contribution in [2.45, 2.75) is 13.8 Å². The van der Waals surface area contributed by atoms with E-state index >= 15 is 0 Å². The summed E-state index contributed by atoms with van der Waals surface area (Å²) in [5, 5.41) is 9.90. The number of benzene rings is 1. The minimum Gasteiger partial charge on any atom is -0.507 e. The molecule has 1 N–H and O–H groups in total. The molecule has 0 bridgehead atoms. The SMILES string of the molecule is CCOC(=O)c1c(C)nc(-c2ccccc2O)n1OC. The van der Waals surface area contributed by atoms with Crippen LogP contribution in [0.4, 0.5) is 0 Å². The lowest BCUT2D eigenvalue weighted by Gasteiger charge is -2.10. The van der Waals surface area contributed by atoms with E-state index in [0.717, 1.165) is 0 Å². The Labute approximate surface area is 116 Å². The van der Waals surface area contributed by atoms with Crippen molar-refractivity contribution in [2.75, 3.05) is 13.7 Å². The van der Waals surface area contributed by atoms with Crippen LogP contribution in [0.15, 0.2) is 24.3 Å². The molecule has 0 unspecified atom stereocenters. The number of rotatable bonds is 4. The fourth-order valence-electron chi connectivity index (χ4n) is 1.95. The number of aryl methyl sites for hydroxylation is 1. The van der Waals surface area contributed by atoms with Gasteiger partial charge in [-0.1, -0.05) is 12.1 Å². The summed E-state index contributed by atoms with van der Waals surface area (Å²) in [6.07, 6.45) is 0. The summed E-state index contributed by atoms with van der Waals surface area (Å²) in [5.41, 5.74) is 1.17. The van der Waals surface area contributed by atoms with Gasteiger partial charge in [0.25, 0.3) is 0 Å². The molecule has 1 aromatic heterocycles. The topological polar surface area (TPSA) is 73.6 Å². The van der Waals surface area contributed by atoms with Gasteiger partial charge in [-0.15, -0.1) is 0 Å². The van der Waals surface area contributed by atoms with E-state index in [9.17, 15) is 9.90 Å². The molecule has 0 aliphatic heterocycles. The number of hydrogen-bond donors (Lipinski definition) is 1. The van der Waals surface area contributed by atoms with Gasteiger partial charge in [0, 0.05) is 0 Å². The van der Waals surface area contributed by atoms with Crippen LogP contribution in [0.1, 0.15) is 23.1 Å². The van der Waals surface area contributed by atoms with Crippen molar-refractivity contribution in [3.63, 3.8) is 0 Å². The molecule has 106 valence electrons. The number of carbonyl (C=O) groups excluding carboxylic acids is 1. The highest BCUT2D eigenvalue weighted by atomic mass is 16.7. The lowest BCUT2D eigenvalue weighted by molar-refractivity contribution is 0.0473. The van der Waals surface area contributed by atoms with Crippen LogP contribution in [0.3, 0.4) is 0 Å². The number of ether oxygens (including phenoxy) is 1. The van der Waals surface area contributed by atoms with E-state index in [1.165, 1.54) is 11.8 Å². The first-order valence-corrected chi connectivity index (χ1v) is 6.19. The maximum Gasteiger partial charge on any atom is 0.360 e. The van der Waals surface area contributed by atoms with Crippen molar-refractivity contribution in [1.29, 1.82) is 0 Å². The van der Waals surface area contributed by atoms with Crippen molar-refractivity contribution in [3.8, 4) is 17.1 Å². The third kappa shape index (κ3) is 2.32. The van der Waals surface area contributed by atoms with Crippen LogP contribution in [0.5, 0.6) is 5.75 Å². The van der Waals surface area contributed by atoms with Gasteiger partial charge in [0.15, 0.2) is 11.5 Å². The van der Waals surface area contributed by atoms with Crippen LogP contribution in [-0.2, 0) is 4.74 Å². The van der Waals surface area contributed by atoms with Gasteiger partial charge < -0.3 is 14.7 Å². The average Bonchev–Trinajstić information content (AvgIpc) is 2.76. The van der Waals surface area contributed by atoms with Gasteiger partial charge in [0.05, 0.1) is 17.9 Å². The van der Waals surface area contributed by atoms with Gasteiger partial charge in [-0.05, 0) is 26.0 Å². The summed E-state index contributed by atoms with van der Waals surface area (Å²) >= 11 is 0. The molecule has 0 aliphatic carbocycles. The first-order valence-electron chi connectivity index (χ1n) is 6.19. The molecule has 0 saturated heterocycles. The Morgan fingerprint density at radius 2 is 2.10 bits per heavy atom. The number of aromatic nitrogens is 2. The summed E-state index contributed by atoms with van der Waals surface area (Å²) in [6, 6.07) is 6.71. The molecule has 0 atom stereocenters. The van der Waals surface area contributed by atoms with Crippen molar-refractivity contribution < 1.29 is 19.5 Å². The zero-order valence-corrected chi connectivity index (χ0v) is 11.6. The van der Waals surface area contributed by atoms with Crippen molar-refractivity contribution in [2.24, 2.45) is 0 Å². The molecule has 0 radical (unpaired) electrons. The molecule has 0 saturated carbocycles. The standard InChI is InChI=1S/C14H16N2O4/c1-4-20-14(18)12-9(2)15-13(16(12)19-3)10-7-5-6-8-11(10)17/h5-8,17H,4H2,1-3H3. The largest absolute Gasteiger partial charge is 0.507 e. The molecule has 0 amide bonds. The minimum atomic E-state index is -0.513. The van der Waals surface area contributed by atoms with Gasteiger partial charge in [0.1, 0.15) is 12.9 Å². The van der Waals surface area contributed by atoms with Gasteiger partial charge in [0.2, 0.25) is 0 Å². The van der Waals surface area contributed by atoms with Crippen LogP contribution >= 0.6 is 0 Å². The van der Waals surface area contributed by atoms with Crippen molar-refractivity contribution in [3.05, 3.63) is 35.7 Å². The fraction of sp³-hybridized carbons (Fsp3) is 0.286. The summed E-state index contributed by atoms with van der Waals surface area (Å²) in [5.74, 6) is -0.0987. The second kappa shape index (κ2) is 5.64. The third-order valence-electron chi connectivity index (χ3n) is 2.81. The second-order valence-electron chi connectivity index (χ2n) is 4.08. The maximum atomic E-state index is 11.9. The Balaban J connectivity index is 2.59. The predicted molar refractivity (Wildman–Crippen MR) is 72.5 cm³/mol. The van der Waals surface area contributed by atoms with Gasteiger partial charge in [-0.25, -0.2) is 9.78 Å². The fourth-order valence-corrected chi connectivity index (χ4v) is 1.95. The second-order valence-corrected chi connectivity index (χ2v) is 4.08. The Morgan fingerprint density at radius 3 is 2.70 bits per heavy atom. The number of hydrogen-bond acceptors (Lipinski definition) is 5. The van der Waals surface area contributed by atoms with Crippen LogP contribution < -0.4 is 4.84 Å². The molecule has 6 heteroatoms.